The average Bonchev–Trinajstić information content (AvgIpc) is 3.21. The van der Waals surface area contributed by atoms with Crippen LogP contribution < -0.4 is 5.32 Å². The minimum absolute atomic E-state index is 0.0433. The Morgan fingerprint density at radius 2 is 1.73 bits per heavy atom. The zero-order valence-corrected chi connectivity index (χ0v) is 24.0. The molecule has 0 bridgehead atoms. The van der Waals surface area contributed by atoms with Crippen LogP contribution in [0.3, 0.4) is 0 Å². The first-order valence-electron chi connectivity index (χ1n) is 14.5. The molecular formula is C30H41NO10. The maximum absolute atomic E-state index is 13.8. The number of carboxylic acids is 1. The Hall–Kier alpha value is -3.08. The van der Waals surface area contributed by atoms with Crippen molar-refractivity contribution in [2.24, 2.45) is 28.6 Å². The molecule has 3 saturated carbocycles. The molecule has 0 aromatic carbocycles. The van der Waals surface area contributed by atoms with Gasteiger partial charge in [0.05, 0.1) is 13.0 Å². The van der Waals surface area contributed by atoms with Gasteiger partial charge in [-0.05, 0) is 74.2 Å². The Kier molecular flexibility index (Phi) is 8.78. The number of amides is 1. The van der Waals surface area contributed by atoms with Gasteiger partial charge in [0.1, 0.15) is 6.04 Å². The van der Waals surface area contributed by atoms with E-state index in [0.717, 1.165) is 25.7 Å². The highest BCUT2D eigenvalue weighted by atomic mass is 16.6. The smallest absolute Gasteiger partial charge is 0.328 e. The normalized spacial score (nSPS) is 34.7. The van der Waals surface area contributed by atoms with E-state index in [1.807, 2.05) is 13.0 Å². The van der Waals surface area contributed by atoms with Crippen LogP contribution in [0.5, 0.6) is 0 Å². The summed E-state index contributed by atoms with van der Waals surface area (Å²) in [5, 5.41) is 20.0. The number of carbonyl (C=O) groups is 6. The van der Waals surface area contributed by atoms with Gasteiger partial charge in [-0.25, -0.2) is 4.79 Å². The third-order valence-corrected chi connectivity index (χ3v) is 10.6. The number of carbonyl (C=O) groups excluding carboxylic acids is 5. The number of hydrogen-bond acceptors (Lipinski definition) is 9. The summed E-state index contributed by atoms with van der Waals surface area (Å²) in [6, 6.07) is -1.48. The van der Waals surface area contributed by atoms with Gasteiger partial charge in [0.15, 0.2) is 18.0 Å². The lowest BCUT2D eigenvalue weighted by Crippen LogP contribution is -2.59. The predicted octanol–water partition coefficient (Wildman–Crippen LogP) is 2.27. The van der Waals surface area contributed by atoms with Crippen LogP contribution in [0.15, 0.2) is 11.6 Å². The van der Waals surface area contributed by atoms with Crippen molar-refractivity contribution in [2.45, 2.75) is 96.6 Å². The minimum Gasteiger partial charge on any atom is -0.480 e. The Morgan fingerprint density at radius 3 is 2.39 bits per heavy atom. The molecule has 3 N–H and O–H groups in total. The summed E-state index contributed by atoms with van der Waals surface area (Å²) in [5.41, 5.74) is -0.865. The fourth-order valence-electron chi connectivity index (χ4n) is 8.49. The van der Waals surface area contributed by atoms with E-state index in [2.05, 4.69) is 12.2 Å². The van der Waals surface area contributed by atoms with Gasteiger partial charge in [-0.15, -0.1) is 0 Å². The number of ether oxygens (including phenoxy) is 2. The Labute approximate surface area is 239 Å². The number of nitrogens with one attached hydrogen (secondary N) is 1. The Morgan fingerprint density at radius 1 is 1.02 bits per heavy atom. The van der Waals surface area contributed by atoms with Crippen LogP contribution in [0.25, 0.3) is 0 Å². The van der Waals surface area contributed by atoms with Crippen molar-refractivity contribution in [2.75, 3.05) is 13.2 Å². The molecule has 0 saturated heterocycles. The number of carboxylic acid groups (broad SMARTS) is 1. The van der Waals surface area contributed by atoms with Gasteiger partial charge >= 0.3 is 17.9 Å². The molecule has 0 aromatic heterocycles. The van der Waals surface area contributed by atoms with E-state index >= 15 is 0 Å². The molecule has 3 fully saturated rings. The average molecular weight is 576 g/mol. The van der Waals surface area contributed by atoms with Crippen LogP contribution >= 0.6 is 0 Å². The number of rotatable bonds is 10. The molecule has 0 spiro atoms. The standard InChI is InChI=1S/C30H41NO10/c1-17(33)41-30(24(35)16-40-26(37)7-6-25(36)31-23(15-32)27(38)39)13-10-22-20-5-4-18-14-19(34)8-11-28(18,2)21(20)9-12-29(22,30)3/h14,20-23,32H,4-13,15-16H2,1-3H3,(H,31,36)(H,38,39)/t20-,21+,22+,23?,28+,29+,30+/m1/s1. The summed E-state index contributed by atoms with van der Waals surface area (Å²) in [6.07, 6.45) is 6.78. The number of Topliss-reactive ketones (excluding diaryl/α,β-unsaturated/α-hetero) is 1. The third-order valence-electron chi connectivity index (χ3n) is 10.6. The molecule has 1 unspecified atom stereocenters. The second-order valence-corrected chi connectivity index (χ2v) is 12.6. The first-order chi connectivity index (χ1) is 19.3. The molecule has 0 radical (unpaired) electrons. The summed E-state index contributed by atoms with van der Waals surface area (Å²) in [7, 11) is 0. The van der Waals surface area contributed by atoms with E-state index in [0.29, 0.717) is 37.5 Å². The van der Waals surface area contributed by atoms with Crippen molar-refractivity contribution in [3.8, 4) is 0 Å². The lowest BCUT2D eigenvalue weighted by molar-refractivity contribution is -0.191. The Balaban J connectivity index is 1.44. The second kappa shape index (κ2) is 11.7. The van der Waals surface area contributed by atoms with E-state index in [1.54, 1.807) is 0 Å². The first kappa shape index (κ1) is 30.9. The van der Waals surface area contributed by atoms with Gasteiger partial charge in [-0.3, -0.25) is 24.0 Å². The van der Waals surface area contributed by atoms with Crippen LogP contribution in [-0.4, -0.2) is 70.5 Å². The summed E-state index contributed by atoms with van der Waals surface area (Å²) >= 11 is 0. The lowest BCUT2D eigenvalue weighted by atomic mass is 9.46. The van der Waals surface area contributed by atoms with Crippen LogP contribution in [-0.2, 0) is 38.2 Å². The van der Waals surface area contributed by atoms with Gasteiger partial charge in [0.2, 0.25) is 11.7 Å². The molecule has 11 nitrogen and oxygen atoms in total. The van der Waals surface area contributed by atoms with Crippen molar-refractivity contribution < 1.29 is 48.5 Å². The number of esters is 2. The van der Waals surface area contributed by atoms with Crippen molar-refractivity contribution in [1.29, 1.82) is 0 Å². The fraction of sp³-hybridized carbons (Fsp3) is 0.733. The molecule has 4 aliphatic rings. The van der Waals surface area contributed by atoms with E-state index in [4.69, 9.17) is 19.7 Å². The van der Waals surface area contributed by atoms with Crippen molar-refractivity contribution in [1.82, 2.24) is 5.32 Å². The molecule has 4 rings (SSSR count). The molecule has 41 heavy (non-hydrogen) atoms. The number of fused-ring (bicyclic) bond motifs is 5. The number of aliphatic carboxylic acids is 1. The monoisotopic (exact) mass is 575 g/mol. The van der Waals surface area contributed by atoms with Gasteiger partial charge in [-0.2, -0.15) is 0 Å². The molecule has 226 valence electrons. The van der Waals surface area contributed by atoms with Gasteiger partial charge < -0.3 is 25.0 Å². The van der Waals surface area contributed by atoms with Gasteiger partial charge in [0.25, 0.3) is 0 Å². The number of ketones is 2. The van der Waals surface area contributed by atoms with Crippen LogP contribution in [0.2, 0.25) is 0 Å². The van der Waals surface area contributed by atoms with Gasteiger partial charge in [-0.1, -0.05) is 19.4 Å². The molecule has 0 aliphatic heterocycles. The Bertz CT molecular complexity index is 1160. The highest BCUT2D eigenvalue weighted by Gasteiger charge is 2.68. The lowest BCUT2D eigenvalue weighted by Gasteiger charge is -2.59. The van der Waals surface area contributed by atoms with Crippen LogP contribution in [0.4, 0.5) is 0 Å². The fourth-order valence-corrected chi connectivity index (χ4v) is 8.49. The van der Waals surface area contributed by atoms with Crippen LogP contribution in [0.1, 0.15) is 85.0 Å². The molecule has 4 aliphatic carbocycles. The maximum Gasteiger partial charge on any atom is 0.328 e. The summed E-state index contributed by atoms with van der Waals surface area (Å²) in [5.74, 6) is -3.01. The molecule has 0 aromatic rings. The van der Waals surface area contributed by atoms with Crippen LogP contribution in [0, 0.1) is 28.6 Å². The summed E-state index contributed by atoms with van der Waals surface area (Å²) in [4.78, 5) is 73.5. The number of aliphatic hydroxyl groups excluding tert-OH is 1. The number of aliphatic hydroxyl groups is 1. The van der Waals surface area contributed by atoms with Crippen molar-refractivity contribution in [3.63, 3.8) is 0 Å². The molecule has 0 heterocycles. The number of hydrogen-bond donors (Lipinski definition) is 3. The largest absolute Gasteiger partial charge is 0.480 e. The summed E-state index contributed by atoms with van der Waals surface area (Å²) < 4.78 is 11.1. The maximum atomic E-state index is 13.8. The van der Waals surface area contributed by atoms with Crippen molar-refractivity contribution >= 4 is 35.4 Å². The molecule has 11 heteroatoms. The zero-order chi connectivity index (χ0) is 30.2. The minimum atomic E-state index is -1.48. The highest BCUT2D eigenvalue weighted by Crippen LogP contribution is 2.68. The SMILES string of the molecule is CC(=O)O[C@]1(C(=O)COC(=O)CCC(=O)NC(CO)C(=O)O)CC[C@H]2[C@@H]3CCC4=CC(=O)CC[C@]4(C)[C@H]3CC[C@@]21C. The third kappa shape index (κ3) is 5.57. The zero-order valence-electron chi connectivity index (χ0n) is 24.0. The quantitative estimate of drug-likeness (QED) is 0.328. The summed E-state index contributed by atoms with van der Waals surface area (Å²) in [6.45, 7) is 4.17. The van der Waals surface area contributed by atoms with E-state index in [9.17, 15) is 28.8 Å². The highest BCUT2D eigenvalue weighted by molar-refractivity contribution is 5.94. The van der Waals surface area contributed by atoms with Gasteiger partial charge in [0, 0.05) is 25.2 Å². The predicted molar refractivity (Wildman–Crippen MR) is 143 cm³/mol. The second-order valence-electron chi connectivity index (χ2n) is 12.6. The topological polar surface area (TPSA) is 173 Å². The van der Waals surface area contributed by atoms with E-state index < -0.39 is 66.3 Å². The van der Waals surface area contributed by atoms with E-state index in [-0.39, 0.29) is 23.5 Å². The number of allylic oxidation sites excluding steroid dienone is 1. The molecule has 7 atom stereocenters. The van der Waals surface area contributed by atoms with Crippen molar-refractivity contribution in [3.05, 3.63) is 11.6 Å². The molecule has 1 amide bonds. The van der Waals surface area contributed by atoms with E-state index in [1.165, 1.54) is 12.5 Å². The first-order valence-corrected chi connectivity index (χ1v) is 14.5. The molecular weight excluding hydrogens is 534 g/mol.